The molecule has 8 heteroatoms. The lowest BCUT2D eigenvalue weighted by Gasteiger charge is -2.09. The summed E-state index contributed by atoms with van der Waals surface area (Å²) in [6, 6.07) is 7.81. The normalized spacial score (nSPS) is 10.0. The van der Waals surface area contributed by atoms with E-state index in [0.29, 0.717) is 11.6 Å². The standard InChI is InChI=1S/C16H22N4O2.2ClH/c1-11(2)10-20-6-5-12-7-13(3-4-14(12)20)19-16(22)9-18-15(21)8-17;;/h3-7,11H,8-10,17H2,1-2H3,(H,18,21)(H,19,22);2*1H. The summed E-state index contributed by atoms with van der Waals surface area (Å²) < 4.78 is 2.20. The van der Waals surface area contributed by atoms with E-state index in [0.717, 1.165) is 17.4 Å². The van der Waals surface area contributed by atoms with Crippen LogP contribution in [0.1, 0.15) is 13.8 Å². The maximum atomic E-state index is 11.7. The van der Waals surface area contributed by atoms with Gasteiger partial charge in [0.25, 0.3) is 0 Å². The van der Waals surface area contributed by atoms with E-state index < -0.39 is 0 Å². The molecule has 6 nitrogen and oxygen atoms in total. The van der Waals surface area contributed by atoms with Crippen LogP contribution in [-0.2, 0) is 16.1 Å². The highest BCUT2D eigenvalue weighted by atomic mass is 35.5. The van der Waals surface area contributed by atoms with E-state index >= 15 is 0 Å². The van der Waals surface area contributed by atoms with Crippen LogP contribution in [0.5, 0.6) is 0 Å². The number of nitrogens with two attached hydrogens (primary N) is 1. The van der Waals surface area contributed by atoms with Gasteiger partial charge in [-0.05, 0) is 30.2 Å². The predicted molar refractivity (Wildman–Crippen MR) is 102 cm³/mol. The third-order valence-corrected chi connectivity index (χ3v) is 3.25. The molecule has 0 aliphatic rings. The number of nitrogens with one attached hydrogen (secondary N) is 2. The third kappa shape index (κ3) is 6.03. The first-order valence-corrected chi connectivity index (χ1v) is 7.35. The van der Waals surface area contributed by atoms with Crippen molar-refractivity contribution in [2.75, 3.05) is 18.4 Å². The van der Waals surface area contributed by atoms with Gasteiger partial charge in [0.1, 0.15) is 0 Å². The maximum Gasteiger partial charge on any atom is 0.243 e. The Balaban J connectivity index is 0.00000264. The number of halogens is 2. The zero-order valence-electron chi connectivity index (χ0n) is 13.7. The van der Waals surface area contributed by atoms with Gasteiger partial charge in [0.2, 0.25) is 11.8 Å². The highest BCUT2D eigenvalue weighted by Gasteiger charge is 2.07. The first-order chi connectivity index (χ1) is 10.5. The number of benzene rings is 1. The fraction of sp³-hybridized carbons (Fsp3) is 0.375. The minimum Gasteiger partial charge on any atom is -0.347 e. The molecule has 0 spiro atoms. The number of carbonyl (C=O) groups excluding carboxylic acids is 2. The van der Waals surface area contributed by atoms with Crippen molar-refractivity contribution in [3.05, 3.63) is 30.5 Å². The molecule has 0 aliphatic carbocycles. The van der Waals surface area contributed by atoms with Crippen LogP contribution in [0.15, 0.2) is 30.5 Å². The topological polar surface area (TPSA) is 89.2 Å². The highest BCUT2D eigenvalue weighted by molar-refractivity contribution is 5.96. The molecule has 4 N–H and O–H groups in total. The molecular formula is C16H24Cl2N4O2. The fourth-order valence-corrected chi connectivity index (χ4v) is 2.29. The van der Waals surface area contributed by atoms with E-state index in [1.807, 2.05) is 24.3 Å². The molecule has 0 aliphatic heterocycles. The van der Waals surface area contributed by atoms with Crippen LogP contribution in [0, 0.1) is 5.92 Å². The lowest BCUT2D eigenvalue weighted by Crippen LogP contribution is -2.36. The van der Waals surface area contributed by atoms with Gasteiger partial charge >= 0.3 is 0 Å². The molecule has 0 saturated carbocycles. The Hall–Kier alpha value is -1.76. The number of carbonyl (C=O) groups is 2. The average molecular weight is 375 g/mol. The van der Waals surface area contributed by atoms with Gasteiger partial charge in [0.05, 0.1) is 13.1 Å². The molecular weight excluding hydrogens is 351 g/mol. The van der Waals surface area contributed by atoms with Crippen LogP contribution in [-0.4, -0.2) is 29.5 Å². The first-order valence-electron chi connectivity index (χ1n) is 7.35. The molecule has 1 heterocycles. The molecule has 1 aromatic heterocycles. The second-order valence-corrected chi connectivity index (χ2v) is 5.66. The second-order valence-electron chi connectivity index (χ2n) is 5.66. The van der Waals surface area contributed by atoms with E-state index in [-0.39, 0.29) is 49.7 Å². The number of aromatic nitrogens is 1. The summed E-state index contributed by atoms with van der Waals surface area (Å²) in [7, 11) is 0. The fourth-order valence-electron chi connectivity index (χ4n) is 2.29. The number of amides is 2. The van der Waals surface area contributed by atoms with Gasteiger partial charge in [0, 0.05) is 29.3 Å². The zero-order valence-corrected chi connectivity index (χ0v) is 15.4. The molecule has 0 bridgehead atoms. The Bertz CT molecular complexity index is 686. The van der Waals surface area contributed by atoms with E-state index in [2.05, 4.69) is 35.2 Å². The summed E-state index contributed by atoms with van der Waals surface area (Å²) >= 11 is 0. The minimum atomic E-state index is -0.351. The molecule has 0 unspecified atom stereocenters. The molecule has 0 atom stereocenters. The van der Waals surface area contributed by atoms with Gasteiger partial charge in [-0.3, -0.25) is 9.59 Å². The Labute approximate surface area is 154 Å². The quantitative estimate of drug-likeness (QED) is 0.723. The van der Waals surface area contributed by atoms with Crippen LogP contribution in [0.2, 0.25) is 0 Å². The molecule has 2 amide bonds. The Morgan fingerprint density at radius 1 is 1.17 bits per heavy atom. The van der Waals surface area contributed by atoms with Gasteiger partial charge < -0.3 is 20.9 Å². The number of fused-ring (bicyclic) bond motifs is 1. The monoisotopic (exact) mass is 374 g/mol. The van der Waals surface area contributed by atoms with Crippen molar-refractivity contribution in [3.8, 4) is 0 Å². The molecule has 0 saturated heterocycles. The summed E-state index contributed by atoms with van der Waals surface area (Å²) in [6.07, 6.45) is 2.05. The zero-order chi connectivity index (χ0) is 16.1. The molecule has 0 fully saturated rings. The van der Waals surface area contributed by atoms with Gasteiger partial charge in [-0.15, -0.1) is 24.8 Å². The Morgan fingerprint density at radius 3 is 2.50 bits per heavy atom. The summed E-state index contributed by atoms with van der Waals surface area (Å²) in [5, 5.41) is 6.27. The van der Waals surface area contributed by atoms with Crippen LogP contribution < -0.4 is 16.4 Å². The summed E-state index contributed by atoms with van der Waals surface area (Å²) in [5.41, 5.74) is 7.02. The van der Waals surface area contributed by atoms with Crippen molar-refractivity contribution in [2.45, 2.75) is 20.4 Å². The van der Waals surface area contributed by atoms with E-state index in [1.54, 1.807) is 0 Å². The minimum absolute atomic E-state index is 0. The summed E-state index contributed by atoms with van der Waals surface area (Å²) in [6.45, 7) is 5.11. The average Bonchev–Trinajstić information content (AvgIpc) is 2.86. The SMILES string of the molecule is CC(C)Cn1ccc2cc(NC(=O)CNC(=O)CN)ccc21.Cl.Cl. The van der Waals surface area contributed by atoms with Gasteiger partial charge in [-0.25, -0.2) is 0 Å². The largest absolute Gasteiger partial charge is 0.347 e. The predicted octanol–water partition coefficient (Wildman–Crippen LogP) is 2.15. The molecule has 2 aromatic rings. The maximum absolute atomic E-state index is 11.7. The van der Waals surface area contributed by atoms with Crippen molar-refractivity contribution in [2.24, 2.45) is 11.7 Å². The number of nitrogens with zero attached hydrogens (tertiary/aromatic N) is 1. The van der Waals surface area contributed by atoms with E-state index in [4.69, 9.17) is 5.73 Å². The lowest BCUT2D eigenvalue weighted by molar-refractivity contribution is -0.123. The van der Waals surface area contributed by atoms with Crippen molar-refractivity contribution < 1.29 is 9.59 Å². The number of rotatable bonds is 6. The van der Waals surface area contributed by atoms with Gasteiger partial charge in [-0.2, -0.15) is 0 Å². The lowest BCUT2D eigenvalue weighted by atomic mass is 10.2. The van der Waals surface area contributed by atoms with Crippen molar-refractivity contribution >= 4 is 53.2 Å². The number of hydrogen-bond donors (Lipinski definition) is 3. The summed E-state index contributed by atoms with van der Waals surface area (Å²) in [4.78, 5) is 22.8. The van der Waals surface area contributed by atoms with Crippen LogP contribution in [0.4, 0.5) is 5.69 Å². The van der Waals surface area contributed by atoms with Crippen LogP contribution in [0.3, 0.4) is 0 Å². The molecule has 1 aromatic carbocycles. The van der Waals surface area contributed by atoms with Gasteiger partial charge in [-0.1, -0.05) is 13.8 Å². The molecule has 24 heavy (non-hydrogen) atoms. The van der Waals surface area contributed by atoms with E-state index in [1.165, 1.54) is 0 Å². The van der Waals surface area contributed by atoms with Gasteiger partial charge in [0.15, 0.2) is 0 Å². The second kappa shape index (κ2) is 10.2. The summed E-state index contributed by atoms with van der Waals surface area (Å²) in [5.74, 6) is -0.0553. The smallest absolute Gasteiger partial charge is 0.243 e. The van der Waals surface area contributed by atoms with Crippen molar-refractivity contribution in [1.82, 2.24) is 9.88 Å². The highest BCUT2D eigenvalue weighted by Crippen LogP contribution is 2.21. The molecule has 2 rings (SSSR count). The number of hydrogen-bond acceptors (Lipinski definition) is 3. The Morgan fingerprint density at radius 2 is 1.88 bits per heavy atom. The van der Waals surface area contributed by atoms with Crippen LogP contribution >= 0.6 is 24.8 Å². The van der Waals surface area contributed by atoms with Crippen LogP contribution in [0.25, 0.3) is 10.9 Å². The van der Waals surface area contributed by atoms with E-state index in [9.17, 15) is 9.59 Å². The van der Waals surface area contributed by atoms with Crippen molar-refractivity contribution in [3.63, 3.8) is 0 Å². The Kier molecular flexibility index (Phi) is 9.43. The number of anilines is 1. The molecule has 134 valence electrons. The first kappa shape index (κ1) is 22.2. The van der Waals surface area contributed by atoms with Crippen molar-refractivity contribution in [1.29, 1.82) is 0 Å². The molecule has 0 radical (unpaired) electrons. The third-order valence-electron chi connectivity index (χ3n) is 3.25.